The number of carbonyl (C=O) groups excluding carboxylic acids is 2. The minimum Gasteiger partial charge on any atom is -0.490 e. The van der Waals surface area contributed by atoms with Crippen molar-refractivity contribution in [2.45, 2.75) is 20.8 Å². The van der Waals surface area contributed by atoms with E-state index in [9.17, 15) is 9.59 Å². The fourth-order valence-electron chi connectivity index (χ4n) is 2.55. The molecule has 4 amide bonds. The van der Waals surface area contributed by atoms with Crippen LogP contribution in [0, 0.1) is 0 Å². The maximum atomic E-state index is 12.0. The summed E-state index contributed by atoms with van der Waals surface area (Å²) in [4.78, 5) is 27.9. The highest BCUT2D eigenvalue weighted by Gasteiger charge is 2.20. The highest BCUT2D eigenvalue weighted by atomic mass is 16.5. The topological polar surface area (TPSA) is 130 Å². The summed E-state index contributed by atoms with van der Waals surface area (Å²) >= 11 is 0. The first kappa shape index (κ1) is 21.6. The van der Waals surface area contributed by atoms with Gasteiger partial charge in [0.2, 0.25) is 5.88 Å². The van der Waals surface area contributed by atoms with Crippen molar-refractivity contribution >= 4 is 23.5 Å². The number of hydrazine groups is 1. The second-order valence-corrected chi connectivity index (χ2v) is 6.47. The fraction of sp³-hybridized carbons (Fsp3) is 0.250. The number of nitrogens with one attached hydrogen (secondary N) is 3. The van der Waals surface area contributed by atoms with Gasteiger partial charge < -0.3 is 9.47 Å². The van der Waals surface area contributed by atoms with Crippen LogP contribution in [0.15, 0.2) is 52.8 Å². The van der Waals surface area contributed by atoms with Crippen LogP contribution in [0.5, 0.6) is 17.4 Å². The lowest BCUT2D eigenvalue weighted by molar-refractivity contribution is 0.173. The van der Waals surface area contributed by atoms with E-state index in [1.165, 1.54) is 0 Å². The zero-order valence-electron chi connectivity index (χ0n) is 17.4. The van der Waals surface area contributed by atoms with E-state index in [-0.39, 0.29) is 6.54 Å². The molecule has 0 fully saturated rings. The predicted molar refractivity (Wildman–Crippen MR) is 114 cm³/mol. The Labute approximate surface area is 179 Å². The molecule has 1 aliphatic heterocycles. The summed E-state index contributed by atoms with van der Waals surface area (Å²) in [6, 6.07) is 9.59. The smallest absolute Gasteiger partial charge is 0.356 e. The molecular formula is C20H23N7O4. The molecule has 2 heterocycles. The van der Waals surface area contributed by atoms with E-state index in [1.54, 1.807) is 38.2 Å². The zero-order chi connectivity index (χ0) is 22.2. The molecule has 0 saturated heterocycles. The SMILES string of the molecule is CCOc1ccccc1Oc1ccc(/C(C)=N/NC(=O)NN2CC(C)=NNC2=O)cn1. The molecule has 31 heavy (non-hydrogen) atoms. The molecule has 0 aliphatic carbocycles. The van der Waals surface area contributed by atoms with Crippen molar-refractivity contribution < 1.29 is 19.1 Å². The largest absolute Gasteiger partial charge is 0.490 e. The van der Waals surface area contributed by atoms with Gasteiger partial charge >= 0.3 is 12.1 Å². The maximum absolute atomic E-state index is 12.0. The molecule has 11 nitrogen and oxygen atoms in total. The quantitative estimate of drug-likeness (QED) is 0.464. The Kier molecular flexibility index (Phi) is 6.99. The van der Waals surface area contributed by atoms with E-state index in [4.69, 9.17) is 9.47 Å². The second kappa shape index (κ2) is 10.1. The minimum absolute atomic E-state index is 0.180. The van der Waals surface area contributed by atoms with E-state index in [0.29, 0.717) is 41.0 Å². The summed E-state index contributed by atoms with van der Waals surface area (Å²) < 4.78 is 11.3. The number of benzene rings is 1. The molecule has 0 unspecified atom stereocenters. The van der Waals surface area contributed by atoms with Gasteiger partial charge in [-0.25, -0.2) is 35.9 Å². The summed E-state index contributed by atoms with van der Waals surface area (Å²) in [5.41, 5.74) is 8.87. The van der Waals surface area contributed by atoms with Gasteiger partial charge in [-0.2, -0.15) is 10.2 Å². The Bertz CT molecular complexity index is 1000. The van der Waals surface area contributed by atoms with Crippen LogP contribution in [0.25, 0.3) is 0 Å². The van der Waals surface area contributed by atoms with Gasteiger partial charge in [0.15, 0.2) is 11.5 Å². The van der Waals surface area contributed by atoms with Gasteiger partial charge in [-0.1, -0.05) is 12.1 Å². The van der Waals surface area contributed by atoms with E-state index in [1.807, 2.05) is 25.1 Å². The average Bonchev–Trinajstić information content (AvgIpc) is 2.77. The molecule has 11 heteroatoms. The average molecular weight is 425 g/mol. The van der Waals surface area contributed by atoms with Crippen molar-refractivity contribution in [3.05, 3.63) is 48.2 Å². The van der Waals surface area contributed by atoms with Crippen LogP contribution in [0.4, 0.5) is 9.59 Å². The Hall–Kier alpha value is -4.15. The van der Waals surface area contributed by atoms with Crippen LogP contribution in [0.3, 0.4) is 0 Å². The van der Waals surface area contributed by atoms with Gasteiger partial charge in [0, 0.05) is 17.8 Å². The van der Waals surface area contributed by atoms with Crippen molar-refractivity contribution in [3.8, 4) is 17.4 Å². The first-order valence-corrected chi connectivity index (χ1v) is 9.54. The Balaban J connectivity index is 1.58. The lowest BCUT2D eigenvalue weighted by Gasteiger charge is -2.25. The molecule has 3 rings (SSSR count). The number of hydrazone groups is 2. The van der Waals surface area contributed by atoms with Gasteiger partial charge in [0.25, 0.3) is 0 Å². The number of pyridine rings is 1. The number of amides is 4. The summed E-state index contributed by atoms with van der Waals surface area (Å²) in [6.07, 6.45) is 1.58. The minimum atomic E-state index is -0.662. The number of ether oxygens (including phenoxy) is 2. The predicted octanol–water partition coefficient (Wildman–Crippen LogP) is 2.61. The molecule has 0 atom stereocenters. The zero-order valence-corrected chi connectivity index (χ0v) is 17.4. The number of aromatic nitrogens is 1. The Morgan fingerprint density at radius 1 is 1.26 bits per heavy atom. The van der Waals surface area contributed by atoms with Crippen LogP contribution < -0.4 is 25.8 Å². The summed E-state index contributed by atoms with van der Waals surface area (Å²) in [7, 11) is 0. The van der Waals surface area contributed by atoms with Crippen LogP contribution in [0.2, 0.25) is 0 Å². The lowest BCUT2D eigenvalue weighted by Crippen LogP contribution is -2.56. The molecule has 0 saturated carbocycles. The standard InChI is InChI=1S/C20H23N7O4/c1-4-30-16-7-5-6-8-17(16)31-18-10-9-15(11-21-18)14(3)23-24-19(28)26-27-12-13(2)22-25-20(27)29/h5-11H,4,12H2,1-3H3,(H,25,29)(H2,24,26,28)/b23-14+. The number of hydrogen-bond donors (Lipinski definition) is 3. The van der Waals surface area contributed by atoms with E-state index in [2.05, 4.69) is 31.5 Å². The summed E-state index contributed by atoms with van der Waals surface area (Å²) in [5.74, 6) is 1.59. The van der Waals surface area contributed by atoms with Crippen molar-refractivity contribution in [1.29, 1.82) is 0 Å². The van der Waals surface area contributed by atoms with Crippen molar-refractivity contribution in [2.24, 2.45) is 10.2 Å². The highest BCUT2D eigenvalue weighted by Crippen LogP contribution is 2.30. The first-order chi connectivity index (χ1) is 15.0. The van der Waals surface area contributed by atoms with Gasteiger partial charge in [0.05, 0.1) is 24.6 Å². The summed E-state index contributed by atoms with van der Waals surface area (Å²) in [6.45, 7) is 6.05. The van der Waals surface area contributed by atoms with Crippen molar-refractivity contribution in [3.63, 3.8) is 0 Å². The molecule has 1 aromatic heterocycles. The molecule has 0 bridgehead atoms. The third-order valence-electron chi connectivity index (χ3n) is 4.05. The van der Waals surface area contributed by atoms with Crippen LogP contribution in [-0.4, -0.2) is 46.6 Å². The van der Waals surface area contributed by atoms with Crippen LogP contribution in [-0.2, 0) is 0 Å². The summed E-state index contributed by atoms with van der Waals surface area (Å²) in [5, 5.41) is 8.90. The third-order valence-corrected chi connectivity index (χ3v) is 4.05. The molecular weight excluding hydrogens is 402 g/mol. The van der Waals surface area contributed by atoms with Crippen LogP contribution >= 0.6 is 0 Å². The van der Waals surface area contributed by atoms with Gasteiger partial charge in [-0.3, -0.25) is 0 Å². The van der Waals surface area contributed by atoms with Gasteiger partial charge in [-0.15, -0.1) is 0 Å². The van der Waals surface area contributed by atoms with E-state index >= 15 is 0 Å². The lowest BCUT2D eigenvalue weighted by atomic mass is 10.2. The van der Waals surface area contributed by atoms with Crippen molar-refractivity contribution in [2.75, 3.05) is 13.2 Å². The maximum Gasteiger partial charge on any atom is 0.356 e. The number of urea groups is 2. The number of carbonyl (C=O) groups is 2. The first-order valence-electron chi connectivity index (χ1n) is 9.54. The number of nitrogens with zero attached hydrogens (tertiary/aromatic N) is 4. The molecule has 1 aliphatic rings. The van der Waals surface area contributed by atoms with E-state index < -0.39 is 12.1 Å². The van der Waals surface area contributed by atoms with E-state index in [0.717, 1.165) is 5.01 Å². The fourth-order valence-corrected chi connectivity index (χ4v) is 2.55. The second-order valence-electron chi connectivity index (χ2n) is 6.47. The molecule has 0 radical (unpaired) electrons. The monoisotopic (exact) mass is 425 g/mol. The molecule has 3 N–H and O–H groups in total. The normalized spacial score (nSPS) is 13.8. The van der Waals surface area contributed by atoms with Gasteiger partial charge in [-0.05, 0) is 39.0 Å². The Morgan fingerprint density at radius 3 is 2.74 bits per heavy atom. The molecule has 0 spiro atoms. The number of rotatable bonds is 7. The molecule has 162 valence electrons. The van der Waals surface area contributed by atoms with Crippen molar-refractivity contribution in [1.82, 2.24) is 26.3 Å². The van der Waals surface area contributed by atoms with Gasteiger partial charge in [0.1, 0.15) is 0 Å². The number of hydrogen-bond acceptors (Lipinski definition) is 7. The highest BCUT2D eigenvalue weighted by molar-refractivity contribution is 5.99. The third kappa shape index (κ3) is 5.92. The van der Waals surface area contributed by atoms with Crippen LogP contribution in [0.1, 0.15) is 26.3 Å². The Morgan fingerprint density at radius 2 is 2.03 bits per heavy atom. The molecule has 1 aromatic carbocycles. The number of para-hydroxylation sites is 2. The molecule has 2 aromatic rings.